The first kappa shape index (κ1) is 13.2. The second-order valence-electron chi connectivity index (χ2n) is 4.00. The lowest BCUT2D eigenvalue weighted by Gasteiger charge is -2.05. The number of benzene rings is 1. The molecule has 0 bridgehead atoms. The predicted molar refractivity (Wildman–Crippen MR) is 77.0 cm³/mol. The Kier molecular flexibility index (Phi) is 4.49. The first-order valence-corrected chi connectivity index (χ1v) is 7.31. The summed E-state index contributed by atoms with van der Waals surface area (Å²) in [5.74, 6) is -0.0466. The number of hydrogen-bond donors (Lipinski definition) is 1. The summed E-state index contributed by atoms with van der Waals surface area (Å²) in [6.45, 7) is 2.57. The summed E-state index contributed by atoms with van der Waals surface area (Å²) in [6.07, 6.45) is 0.766. The van der Waals surface area contributed by atoms with Gasteiger partial charge < -0.3 is 5.32 Å². The van der Waals surface area contributed by atoms with Crippen LogP contribution in [0.15, 0.2) is 33.6 Å². The van der Waals surface area contributed by atoms with Crippen molar-refractivity contribution < 1.29 is 4.79 Å². The number of hydrogen-bond acceptors (Lipinski definition) is 3. The number of halogens is 1. The van der Waals surface area contributed by atoms with Crippen molar-refractivity contribution >= 4 is 33.2 Å². The minimum absolute atomic E-state index is 0.0466. The minimum Gasteiger partial charge on any atom is -0.352 e. The zero-order valence-electron chi connectivity index (χ0n) is 9.94. The summed E-state index contributed by atoms with van der Waals surface area (Å²) in [6, 6.07) is 5.68. The number of nitrogens with one attached hydrogen (secondary N) is 1. The smallest absolute Gasteiger partial charge is 0.251 e. The molecular formula is C13H13BrN2OS. The maximum absolute atomic E-state index is 11.9. The molecule has 1 heterocycles. The fraction of sp³-hybridized carbons (Fsp3) is 0.231. The molecule has 1 amide bonds. The molecule has 0 aliphatic heterocycles. The van der Waals surface area contributed by atoms with Gasteiger partial charge in [-0.1, -0.05) is 15.9 Å². The van der Waals surface area contributed by atoms with Crippen molar-refractivity contribution in [1.82, 2.24) is 10.3 Å². The van der Waals surface area contributed by atoms with Gasteiger partial charge in [0.1, 0.15) is 0 Å². The van der Waals surface area contributed by atoms with Crippen molar-refractivity contribution in [2.24, 2.45) is 0 Å². The molecule has 0 atom stereocenters. The van der Waals surface area contributed by atoms with Crippen LogP contribution >= 0.6 is 27.3 Å². The van der Waals surface area contributed by atoms with Gasteiger partial charge in [0.05, 0.1) is 11.2 Å². The summed E-state index contributed by atoms with van der Waals surface area (Å²) in [5, 5.41) is 4.89. The summed E-state index contributed by atoms with van der Waals surface area (Å²) in [4.78, 5) is 16.1. The quantitative estimate of drug-likeness (QED) is 0.938. The SMILES string of the molecule is Cc1cc(Br)cc(C(=O)NCCc2cscn2)c1. The van der Waals surface area contributed by atoms with E-state index in [1.54, 1.807) is 16.8 Å². The number of aromatic nitrogens is 1. The molecule has 0 aliphatic rings. The normalized spacial score (nSPS) is 10.3. The number of aryl methyl sites for hydroxylation is 1. The van der Waals surface area contributed by atoms with Gasteiger partial charge in [0, 0.05) is 28.4 Å². The first-order chi connectivity index (χ1) is 8.65. The molecule has 1 aromatic heterocycles. The van der Waals surface area contributed by atoms with Gasteiger partial charge in [-0.2, -0.15) is 0 Å². The van der Waals surface area contributed by atoms with E-state index in [2.05, 4.69) is 26.2 Å². The van der Waals surface area contributed by atoms with Gasteiger partial charge >= 0.3 is 0 Å². The molecule has 0 saturated heterocycles. The Hall–Kier alpha value is -1.20. The minimum atomic E-state index is -0.0466. The Morgan fingerprint density at radius 2 is 2.28 bits per heavy atom. The van der Waals surface area contributed by atoms with Crippen molar-refractivity contribution in [2.75, 3.05) is 6.54 Å². The third-order valence-corrected chi connectivity index (χ3v) is 3.55. The maximum atomic E-state index is 11.9. The number of nitrogens with zero attached hydrogens (tertiary/aromatic N) is 1. The number of carbonyl (C=O) groups excluding carboxylic acids is 1. The summed E-state index contributed by atoms with van der Waals surface area (Å²) in [7, 11) is 0. The van der Waals surface area contributed by atoms with Crippen LogP contribution in [0, 0.1) is 6.92 Å². The summed E-state index contributed by atoms with van der Waals surface area (Å²) < 4.78 is 0.923. The molecule has 0 radical (unpaired) electrons. The van der Waals surface area contributed by atoms with E-state index in [0.717, 1.165) is 22.2 Å². The van der Waals surface area contributed by atoms with Gasteiger partial charge in [0.25, 0.3) is 5.91 Å². The van der Waals surface area contributed by atoms with E-state index in [9.17, 15) is 4.79 Å². The Morgan fingerprint density at radius 1 is 1.44 bits per heavy atom. The molecule has 1 aromatic carbocycles. The van der Waals surface area contributed by atoms with Gasteiger partial charge in [-0.3, -0.25) is 4.79 Å². The maximum Gasteiger partial charge on any atom is 0.251 e. The average molecular weight is 325 g/mol. The first-order valence-electron chi connectivity index (χ1n) is 5.57. The molecule has 2 aromatic rings. The molecule has 0 unspecified atom stereocenters. The van der Waals surface area contributed by atoms with Crippen molar-refractivity contribution in [2.45, 2.75) is 13.3 Å². The molecule has 18 heavy (non-hydrogen) atoms. The van der Waals surface area contributed by atoms with Crippen LogP contribution < -0.4 is 5.32 Å². The van der Waals surface area contributed by atoms with Gasteiger partial charge in [0.2, 0.25) is 0 Å². The van der Waals surface area contributed by atoms with Crippen LogP contribution in [0.5, 0.6) is 0 Å². The van der Waals surface area contributed by atoms with E-state index in [-0.39, 0.29) is 5.91 Å². The van der Waals surface area contributed by atoms with Gasteiger partial charge in [-0.05, 0) is 30.7 Å². The van der Waals surface area contributed by atoms with Crippen LogP contribution in [0.25, 0.3) is 0 Å². The van der Waals surface area contributed by atoms with Crippen LogP contribution in [0.1, 0.15) is 21.6 Å². The lowest BCUT2D eigenvalue weighted by molar-refractivity contribution is 0.0954. The van der Waals surface area contributed by atoms with Crippen molar-refractivity contribution in [3.63, 3.8) is 0 Å². The van der Waals surface area contributed by atoms with Gasteiger partial charge in [-0.15, -0.1) is 11.3 Å². The highest BCUT2D eigenvalue weighted by Crippen LogP contribution is 2.15. The highest BCUT2D eigenvalue weighted by Gasteiger charge is 2.06. The lowest BCUT2D eigenvalue weighted by atomic mass is 10.1. The van der Waals surface area contributed by atoms with Crippen molar-refractivity contribution in [3.8, 4) is 0 Å². The van der Waals surface area contributed by atoms with Gasteiger partial charge in [0.15, 0.2) is 0 Å². The molecular weight excluding hydrogens is 312 g/mol. The molecule has 0 spiro atoms. The van der Waals surface area contributed by atoms with E-state index in [0.29, 0.717) is 12.1 Å². The largest absolute Gasteiger partial charge is 0.352 e. The molecule has 3 nitrogen and oxygen atoms in total. The van der Waals surface area contributed by atoms with Crippen LogP contribution in [-0.4, -0.2) is 17.4 Å². The lowest BCUT2D eigenvalue weighted by Crippen LogP contribution is -2.25. The van der Waals surface area contributed by atoms with E-state index in [1.807, 2.05) is 30.5 Å². The fourth-order valence-corrected chi connectivity index (χ4v) is 2.84. The van der Waals surface area contributed by atoms with E-state index < -0.39 is 0 Å². The zero-order valence-corrected chi connectivity index (χ0v) is 12.3. The Balaban J connectivity index is 1.91. The van der Waals surface area contributed by atoms with Crippen molar-refractivity contribution in [1.29, 1.82) is 0 Å². The Bertz CT molecular complexity index is 520. The highest BCUT2D eigenvalue weighted by atomic mass is 79.9. The number of rotatable bonds is 4. The Morgan fingerprint density at radius 3 is 2.94 bits per heavy atom. The summed E-state index contributed by atoms with van der Waals surface area (Å²) in [5.41, 5.74) is 4.56. The van der Waals surface area contributed by atoms with E-state index in [1.165, 1.54) is 0 Å². The van der Waals surface area contributed by atoms with Gasteiger partial charge in [-0.25, -0.2) is 4.98 Å². The van der Waals surface area contributed by atoms with Crippen molar-refractivity contribution in [3.05, 3.63) is 50.4 Å². The van der Waals surface area contributed by atoms with E-state index >= 15 is 0 Å². The van der Waals surface area contributed by atoms with Crippen LogP contribution in [-0.2, 0) is 6.42 Å². The third-order valence-electron chi connectivity index (χ3n) is 2.45. The number of carbonyl (C=O) groups is 1. The average Bonchev–Trinajstić information content (AvgIpc) is 2.80. The zero-order chi connectivity index (χ0) is 13.0. The topological polar surface area (TPSA) is 42.0 Å². The molecule has 2 rings (SSSR count). The van der Waals surface area contributed by atoms with Crippen LogP contribution in [0.4, 0.5) is 0 Å². The standard InChI is InChI=1S/C13H13BrN2OS/c1-9-4-10(6-11(14)5-9)13(17)15-3-2-12-7-18-8-16-12/h4-8H,2-3H2,1H3,(H,15,17). The second kappa shape index (κ2) is 6.11. The number of amides is 1. The monoisotopic (exact) mass is 324 g/mol. The highest BCUT2D eigenvalue weighted by molar-refractivity contribution is 9.10. The molecule has 0 fully saturated rings. The van der Waals surface area contributed by atoms with Crippen LogP contribution in [0.2, 0.25) is 0 Å². The molecule has 0 aliphatic carbocycles. The summed E-state index contributed by atoms with van der Waals surface area (Å²) >= 11 is 4.96. The number of thiazole rings is 1. The van der Waals surface area contributed by atoms with E-state index in [4.69, 9.17) is 0 Å². The van der Waals surface area contributed by atoms with Crippen LogP contribution in [0.3, 0.4) is 0 Å². The molecule has 0 saturated carbocycles. The Labute approximate surface area is 118 Å². The predicted octanol–water partition coefficient (Wildman–Crippen LogP) is 3.19. The fourth-order valence-electron chi connectivity index (χ4n) is 1.63. The second-order valence-corrected chi connectivity index (χ2v) is 5.64. The molecule has 5 heteroatoms. The third kappa shape index (κ3) is 3.65. The molecule has 1 N–H and O–H groups in total. The molecule has 94 valence electrons.